The van der Waals surface area contributed by atoms with E-state index in [-0.39, 0.29) is 0 Å². The van der Waals surface area contributed by atoms with Crippen LogP contribution >= 0.6 is 23.8 Å². The fourth-order valence-corrected chi connectivity index (χ4v) is 0.946. The van der Waals surface area contributed by atoms with Crippen molar-refractivity contribution >= 4 is 28.9 Å². The van der Waals surface area contributed by atoms with Crippen molar-refractivity contribution in [3.63, 3.8) is 0 Å². The van der Waals surface area contributed by atoms with E-state index in [1.165, 1.54) is 0 Å². The van der Waals surface area contributed by atoms with E-state index in [1.54, 1.807) is 19.1 Å². The number of hydrogen-bond acceptors (Lipinski definition) is 2. The van der Waals surface area contributed by atoms with Gasteiger partial charge in [-0.3, -0.25) is 0 Å². The fourth-order valence-electron chi connectivity index (χ4n) is 0.682. The summed E-state index contributed by atoms with van der Waals surface area (Å²) < 4.78 is 5.14. The van der Waals surface area contributed by atoms with E-state index >= 15 is 0 Å². The summed E-state index contributed by atoms with van der Waals surface area (Å²) in [5.74, 6) is 0.613. The van der Waals surface area contributed by atoms with Crippen LogP contribution in [0.25, 0.3) is 0 Å². The number of halogens is 1. The number of benzene rings is 1. The molecule has 58 valence electrons. The Bertz CT molecular complexity index is 273. The summed E-state index contributed by atoms with van der Waals surface area (Å²) in [5, 5.41) is 1.05. The minimum Gasteiger partial charge on any atom is -0.449 e. The highest BCUT2D eigenvalue weighted by Crippen LogP contribution is 2.23. The normalized spacial score (nSPS) is 9.27. The largest absolute Gasteiger partial charge is 0.449 e. The Hall–Kier alpha value is -0.600. The summed E-state index contributed by atoms with van der Waals surface area (Å²) in [5.41, 5.74) is 0. The van der Waals surface area contributed by atoms with Gasteiger partial charge in [-0.25, -0.2) is 0 Å². The molecule has 0 fully saturated rings. The topological polar surface area (TPSA) is 9.23 Å². The van der Waals surface area contributed by atoms with Gasteiger partial charge in [0.05, 0.1) is 5.02 Å². The average molecular weight is 187 g/mol. The molecular formula is C8H7ClOS. The molecule has 1 nitrogen and oxygen atoms in total. The summed E-state index contributed by atoms with van der Waals surface area (Å²) in [7, 11) is 0. The van der Waals surface area contributed by atoms with Crippen LogP contribution in [0.1, 0.15) is 6.92 Å². The molecule has 0 atom stereocenters. The quantitative estimate of drug-likeness (QED) is 0.624. The van der Waals surface area contributed by atoms with Crippen molar-refractivity contribution in [2.45, 2.75) is 6.92 Å². The minimum absolute atomic E-state index is 0.470. The second kappa shape index (κ2) is 3.69. The number of rotatable bonds is 1. The Morgan fingerprint density at radius 1 is 1.45 bits per heavy atom. The van der Waals surface area contributed by atoms with Crippen LogP contribution in [-0.2, 0) is 0 Å². The molecule has 0 amide bonds. The molecule has 1 aromatic carbocycles. The third-order valence-electron chi connectivity index (χ3n) is 1.09. The molecule has 11 heavy (non-hydrogen) atoms. The zero-order valence-electron chi connectivity index (χ0n) is 6.00. The van der Waals surface area contributed by atoms with Crippen LogP contribution in [0.4, 0.5) is 0 Å². The van der Waals surface area contributed by atoms with Crippen LogP contribution < -0.4 is 4.74 Å². The molecule has 0 spiro atoms. The number of hydrogen-bond donors (Lipinski definition) is 0. The van der Waals surface area contributed by atoms with Crippen LogP contribution in [0, 0.1) is 0 Å². The Labute approximate surface area is 75.9 Å². The van der Waals surface area contributed by atoms with E-state index in [4.69, 9.17) is 28.6 Å². The van der Waals surface area contributed by atoms with Crippen LogP contribution in [0.15, 0.2) is 24.3 Å². The molecule has 0 aromatic heterocycles. The van der Waals surface area contributed by atoms with Gasteiger partial charge < -0.3 is 4.74 Å². The second-order valence-electron chi connectivity index (χ2n) is 2.02. The first-order valence-corrected chi connectivity index (χ1v) is 3.91. The summed E-state index contributed by atoms with van der Waals surface area (Å²) in [6.45, 7) is 1.71. The minimum atomic E-state index is 0.470. The van der Waals surface area contributed by atoms with E-state index in [2.05, 4.69) is 0 Å². The van der Waals surface area contributed by atoms with Gasteiger partial charge in [0.1, 0.15) is 5.75 Å². The number of thiocarbonyl (C=S) groups is 1. The lowest BCUT2D eigenvalue weighted by atomic mass is 10.3. The molecule has 0 saturated carbocycles. The van der Waals surface area contributed by atoms with E-state index in [1.807, 2.05) is 12.1 Å². The van der Waals surface area contributed by atoms with Gasteiger partial charge in [0.15, 0.2) is 5.05 Å². The molecule has 0 saturated heterocycles. The maximum Gasteiger partial charge on any atom is 0.164 e. The van der Waals surface area contributed by atoms with Crippen LogP contribution in [0.3, 0.4) is 0 Å². The van der Waals surface area contributed by atoms with Gasteiger partial charge in [-0.15, -0.1) is 0 Å². The smallest absolute Gasteiger partial charge is 0.164 e. The highest BCUT2D eigenvalue weighted by atomic mass is 35.5. The van der Waals surface area contributed by atoms with Gasteiger partial charge >= 0.3 is 0 Å². The molecule has 1 aromatic rings. The first-order chi connectivity index (χ1) is 5.20. The van der Waals surface area contributed by atoms with Crippen molar-refractivity contribution in [3.05, 3.63) is 29.3 Å². The molecule has 0 unspecified atom stereocenters. The maximum atomic E-state index is 5.78. The first-order valence-electron chi connectivity index (χ1n) is 3.13. The van der Waals surface area contributed by atoms with Gasteiger partial charge in [0.2, 0.25) is 0 Å². The highest BCUT2D eigenvalue weighted by molar-refractivity contribution is 7.80. The summed E-state index contributed by atoms with van der Waals surface area (Å²) in [4.78, 5) is 0. The monoisotopic (exact) mass is 186 g/mol. The molecule has 0 heterocycles. The molecule has 0 N–H and O–H groups in total. The maximum absolute atomic E-state index is 5.78. The van der Waals surface area contributed by atoms with Gasteiger partial charge in [-0.05, 0) is 24.4 Å². The molecule has 1 rings (SSSR count). The van der Waals surface area contributed by atoms with E-state index < -0.39 is 0 Å². The fraction of sp³-hybridized carbons (Fsp3) is 0.125. The number of ether oxygens (including phenoxy) is 1. The molecule has 0 radical (unpaired) electrons. The van der Waals surface area contributed by atoms with Gasteiger partial charge in [-0.1, -0.05) is 23.7 Å². The Balaban J connectivity index is 2.86. The van der Waals surface area contributed by atoms with E-state index in [0.717, 1.165) is 0 Å². The van der Waals surface area contributed by atoms with Crippen molar-refractivity contribution in [2.75, 3.05) is 0 Å². The zero-order chi connectivity index (χ0) is 8.27. The predicted octanol–water partition coefficient (Wildman–Crippen LogP) is 3.07. The van der Waals surface area contributed by atoms with Crippen molar-refractivity contribution in [1.82, 2.24) is 0 Å². The SMILES string of the molecule is CC(=S)Oc1ccccc1Cl. The van der Waals surface area contributed by atoms with Gasteiger partial charge in [0.25, 0.3) is 0 Å². The third-order valence-corrected chi connectivity index (χ3v) is 1.49. The lowest BCUT2D eigenvalue weighted by Crippen LogP contribution is -1.98. The molecule has 0 aliphatic carbocycles. The van der Waals surface area contributed by atoms with Crippen molar-refractivity contribution in [3.8, 4) is 5.75 Å². The molecule has 0 aliphatic heterocycles. The van der Waals surface area contributed by atoms with Crippen LogP contribution in [-0.4, -0.2) is 5.05 Å². The standard InChI is InChI=1S/C8H7ClOS/c1-6(11)10-8-5-3-2-4-7(8)9/h2-5H,1H3. The van der Waals surface area contributed by atoms with E-state index in [0.29, 0.717) is 15.8 Å². The van der Waals surface area contributed by atoms with Crippen LogP contribution in [0.2, 0.25) is 5.02 Å². The molecular weight excluding hydrogens is 180 g/mol. The second-order valence-corrected chi connectivity index (χ2v) is 3.01. The summed E-state index contributed by atoms with van der Waals surface area (Å²) in [6, 6.07) is 7.22. The lowest BCUT2D eigenvalue weighted by molar-refractivity contribution is 0.561. The van der Waals surface area contributed by atoms with Crippen molar-refractivity contribution in [2.24, 2.45) is 0 Å². The van der Waals surface area contributed by atoms with Gasteiger partial charge in [-0.2, -0.15) is 0 Å². The predicted molar refractivity (Wildman–Crippen MR) is 50.4 cm³/mol. The Morgan fingerprint density at radius 3 is 2.64 bits per heavy atom. The zero-order valence-corrected chi connectivity index (χ0v) is 7.58. The molecule has 0 aliphatic rings. The van der Waals surface area contributed by atoms with E-state index in [9.17, 15) is 0 Å². The van der Waals surface area contributed by atoms with Gasteiger partial charge in [0, 0.05) is 6.92 Å². The number of para-hydroxylation sites is 1. The summed E-state index contributed by atoms with van der Waals surface area (Å²) >= 11 is 10.5. The lowest BCUT2D eigenvalue weighted by Gasteiger charge is -2.03. The first kappa shape index (κ1) is 8.50. The average Bonchev–Trinajstić information content (AvgIpc) is 1.93. The Morgan fingerprint density at radius 2 is 2.09 bits per heavy atom. The highest BCUT2D eigenvalue weighted by Gasteiger charge is 1.98. The molecule has 0 bridgehead atoms. The van der Waals surface area contributed by atoms with Crippen molar-refractivity contribution < 1.29 is 4.74 Å². The molecule has 3 heteroatoms. The Kier molecular flexibility index (Phi) is 2.85. The third kappa shape index (κ3) is 2.48. The van der Waals surface area contributed by atoms with Crippen LogP contribution in [0.5, 0.6) is 5.75 Å². The van der Waals surface area contributed by atoms with Crippen molar-refractivity contribution in [1.29, 1.82) is 0 Å². The summed E-state index contributed by atoms with van der Waals surface area (Å²) in [6.07, 6.45) is 0.